The minimum atomic E-state index is -3.77. The van der Waals surface area contributed by atoms with Crippen molar-refractivity contribution in [2.45, 2.75) is 69.2 Å². The van der Waals surface area contributed by atoms with Gasteiger partial charge in [0.25, 0.3) is 0 Å². The standard InChI is InChI=1S/C69H64Si/c1-44-41-60(54-29-17-11-18-30-54)51(8)67(63(44)57-35-23-14-24-36-57)70(66-49(6)47(4)48(5)50(66)7,68-52(9)61(55-31-19-12-20-32-55)42-45(2)64(68)58-37-25-15-26-38-58)69-53(10)62(56-33-21-13-22-34-56)43-46(3)65(69)59-39-27-16-28-40-59/h11-43,49H,1-10H3. The lowest BCUT2D eigenvalue weighted by molar-refractivity contribution is 0.851. The third-order valence-electron chi connectivity index (χ3n) is 16.0. The number of aryl methyl sites for hydroxylation is 3. The number of allylic oxidation sites excluding steroid dienone is 4. The molecule has 1 aliphatic rings. The molecule has 9 aromatic rings. The van der Waals surface area contributed by atoms with Gasteiger partial charge >= 0.3 is 0 Å². The number of hydrogen-bond donors (Lipinski definition) is 0. The highest BCUT2D eigenvalue weighted by molar-refractivity contribution is 7.18. The Morgan fingerprint density at radius 2 is 0.543 bits per heavy atom. The Balaban J connectivity index is 1.62. The van der Waals surface area contributed by atoms with Crippen molar-refractivity contribution >= 4 is 23.6 Å². The first-order chi connectivity index (χ1) is 33.9. The van der Waals surface area contributed by atoms with Crippen LogP contribution in [-0.2, 0) is 0 Å². The smallest absolute Gasteiger partial charge is 0.0636 e. The first-order valence-electron chi connectivity index (χ1n) is 25.1. The predicted octanol–water partition coefficient (Wildman–Crippen LogP) is 16.9. The van der Waals surface area contributed by atoms with Crippen LogP contribution in [0.2, 0.25) is 0 Å². The SMILES string of the molecule is CC1=C(C)C(C)C([Si](c2c(C)c(-c3ccccc3)cc(C)c2-c2ccccc2)(c2c(C)c(-c3ccccc3)cc(C)c2-c2ccccc2)c2c(C)c(-c3ccccc3)cc(C)c2-c2ccccc2)=C1C. The summed E-state index contributed by atoms with van der Waals surface area (Å²) in [7, 11) is -3.77. The Bertz CT molecular complexity index is 3140. The Kier molecular flexibility index (Phi) is 12.5. The van der Waals surface area contributed by atoms with Gasteiger partial charge in [-0.25, -0.2) is 0 Å². The molecule has 0 saturated heterocycles. The Hall–Kier alpha value is -7.32. The maximum Gasteiger partial charge on any atom is 0.179 e. The molecule has 344 valence electrons. The zero-order chi connectivity index (χ0) is 48.8. The third kappa shape index (κ3) is 7.59. The van der Waals surface area contributed by atoms with Crippen molar-refractivity contribution in [3.8, 4) is 66.8 Å². The maximum absolute atomic E-state index is 3.77. The average Bonchev–Trinajstić information content (AvgIpc) is 3.59. The zero-order valence-corrected chi connectivity index (χ0v) is 43.6. The summed E-state index contributed by atoms with van der Waals surface area (Å²) < 4.78 is 0. The fourth-order valence-electron chi connectivity index (χ4n) is 12.6. The van der Waals surface area contributed by atoms with Crippen LogP contribution in [0, 0.1) is 47.5 Å². The lowest BCUT2D eigenvalue weighted by atomic mass is 9.90. The maximum atomic E-state index is 2.54. The molecule has 0 nitrogen and oxygen atoms in total. The van der Waals surface area contributed by atoms with E-state index < -0.39 is 8.07 Å². The van der Waals surface area contributed by atoms with E-state index in [2.05, 4.69) is 269 Å². The largest absolute Gasteiger partial charge is 0.179 e. The normalized spacial score (nSPS) is 13.9. The molecule has 0 amide bonds. The van der Waals surface area contributed by atoms with Crippen molar-refractivity contribution in [2.24, 2.45) is 5.92 Å². The van der Waals surface area contributed by atoms with Crippen LogP contribution in [0.5, 0.6) is 0 Å². The van der Waals surface area contributed by atoms with Gasteiger partial charge in [-0.05, 0) is 190 Å². The first-order valence-corrected chi connectivity index (χ1v) is 27.1. The van der Waals surface area contributed by atoms with Crippen molar-refractivity contribution < 1.29 is 0 Å². The Labute approximate surface area is 418 Å². The lowest BCUT2D eigenvalue weighted by Crippen LogP contribution is -2.73. The van der Waals surface area contributed by atoms with E-state index in [9.17, 15) is 0 Å². The molecule has 0 spiro atoms. The molecular weight excluding hydrogens is 857 g/mol. The molecule has 0 heterocycles. The van der Waals surface area contributed by atoms with E-state index in [4.69, 9.17) is 0 Å². The summed E-state index contributed by atoms with van der Waals surface area (Å²) in [6.45, 7) is 24.4. The molecule has 70 heavy (non-hydrogen) atoms. The monoisotopic (exact) mass is 920 g/mol. The third-order valence-corrected chi connectivity index (χ3v) is 21.7. The molecule has 0 fully saturated rings. The van der Waals surface area contributed by atoms with Crippen molar-refractivity contribution in [1.29, 1.82) is 0 Å². The topological polar surface area (TPSA) is 0 Å². The molecule has 0 radical (unpaired) electrons. The van der Waals surface area contributed by atoms with Crippen LogP contribution in [0.3, 0.4) is 0 Å². The van der Waals surface area contributed by atoms with Gasteiger partial charge < -0.3 is 0 Å². The van der Waals surface area contributed by atoms with Gasteiger partial charge in [0.2, 0.25) is 0 Å². The summed E-state index contributed by atoms with van der Waals surface area (Å²) in [6.07, 6.45) is 0. The lowest BCUT2D eigenvalue weighted by Gasteiger charge is -2.46. The molecule has 0 N–H and O–H groups in total. The summed E-state index contributed by atoms with van der Waals surface area (Å²) in [5, 5.41) is 6.03. The quantitative estimate of drug-likeness (QED) is 0.0947. The van der Waals surface area contributed by atoms with Crippen molar-refractivity contribution in [2.75, 3.05) is 0 Å². The second-order valence-electron chi connectivity index (χ2n) is 19.9. The van der Waals surface area contributed by atoms with Crippen molar-refractivity contribution in [1.82, 2.24) is 0 Å². The van der Waals surface area contributed by atoms with Gasteiger partial charge in [-0.15, -0.1) is 0 Å². The van der Waals surface area contributed by atoms with Crippen LogP contribution in [-0.4, -0.2) is 8.07 Å². The fraction of sp³-hybridized carbons (Fsp3) is 0.159. The van der Waals surface area contributed by atoms with Gasteiger partial charge in [0.15, 0.2) is 8.07 Å². The van der Waals surface area contributed by atoms with Gasteiger partial charge in [-0.3, -0.25) is 0 Å². The van der Waals surface area contributed by atoms with Gasteiger partial charge in [-0.1, -0.05) is 223 Å². The number of rotatable bonds is 10. The molecule has 0 aliphatic heterocycles. The molecule has 10 rings (SSSR count). The van der Waals surface area contributed by atoms with Crippen LogP contribution in [0.1, 0.15) is 61.1 Å². The van der Waals surface area contributed by atoms with Crippen LogP contribution >= 0.6 is 0 Å². The van der Waals surface area contributed by atoms with E-state index >= 15 is 0 Å². The van der Waals surface area contributed by atoms with Crippen molar-refractivity contribution in [3.05, 3.63) is 255 Å². The van der Waals surface area contributed by atoms with Gasteiger partial charge in [0.1, 0.15) is 0 Å². The predicted molar refractivity (Wildman–Crippen MR) is 305 cm³/mol. The highest BCUT2D eigenvalue weighted by atomic mass is 28.3. The zero-order valence-electron chi connectivity index (χ0n) is 42.6. The molecule has 0 bridgehead atoms. The van der Waals surface area contributed by atoms with Crippen LogP contribution in [0.4, 0.5) is 0 Å². The molecule has 1 aliphatic carbocycles. The first kappa shape index (κ1) is 46.4. The molecular formula is C69H64Si. The summed E-state index contributed by atoms with van der Waals surface area (Å²) in [4.78, 5) is 0. The van der Waals surface area contributed by atoms with E-state index in [0.29, 0.717) is 0 Å². The second kappa shape index (κ2) is 18.9. The van der Waals surface area contributed by atoms with E-state index in [-0.39, 0.29) is 5.92 Å². The Morgan fingerprint density at radius 1 is 0.300 bits per heavy atom. The van der Waals surface area contributed by atoms with Gasteiger partial charge in [-0.2, -0.15) is 0 Å². The number of benzene rings is 9. The molecule has 1 unspecified atom stereocenters. The van der Waals surface area contributed by atoms with Gasteiger partial charge in [0, 0.05) is 0 Å². The van der Waals surface area contributed by atoms with Crippen LogP contribution < -0.4 is 15.6 Å². The average molecular weight is 921 g/mol. The van der Waals surface area contributed by atoms with Crippen LogP contribution in [0.15, 0.2) is 222 Å². The van der Waals surface area contributed by atoms with Crippen molar-refractivity contribution in [3.63, 3.8) is 0 Å². The number of hydrogen-bond acceptors (Lipinski definition) is 0. The molecule has 1 heteroatoms. The summed E-state index contributed by atoms with van der Waals surface area (Å²) in [6, 6.07) is 75.2. The molecule has 1 atom stereocenters. The summed E-state index contributed by atoms with van der Waals surface area (Å²) in [5.41, 5.74) is 27.6. The highest BCUT2D eigenvalue weighted by Gasteiger charge is 2.55. The minimum absolute atomic E-state index is 0.155. The minimum Gasteiger partial charge on any atom is -0.0636 e. The van der Waals surface area contributed by atoms with E-state index in [1.165, 1.54) is 132 Å². The highest BCUT2D eigenvalue weighted by Crippen LogP contribution is 2.48. The summed E-state index contributed by atoms with van der Waals surface area (Å²) >= 11 is 0. The Morgan fingerprint density at radius 3 is 0.771 bits per heavy atom. The molecule has 9 aromatic carbocycles. The van der Waals surface area contributed by atoms with E-state index in [0.717, 1.165) is 0 Å². The second-order valence-corrected chi connectivity index (χ2v) is 23.4. The molecule has 0 aromatic heterocycles. The van der Waals surface area contributed by atoms with E-state index in [1.54, 1.807) is 5.20 Å². The van der Waals surface area contributed by atoms with Crippen LogP contribution in [0.25, 0.3) is 66.8 Å². The van der Waals surface area contributed by atoms with E-state index in [1.807, 2.05) is 0 Å². The summed E-state index contributed by atoms with van der Waals surface area (Å²) in [5.74, 6) is 0.155. The fourth-order valence-corrected chi connectivity index (χ4v) is 20.0. The molecule has 0 saturated carbocycles. The van der Waals surface area contributed by atoms with Gasteiger partial charge in [0.05, 0.1) is 0 Å².